The number of hydrogen-bond donors (Lipinski definition) is 1. The molecule has 1 amide bonds. The number of rotatable bonds is 4. The van der Waals surface area contributed by atoms with Gasteiger partial charge in [-0.15, -0.1) is 0 Å². The lowest BCUT2D eigenvalue weighted by Gasteiger charge is -2.17. The van der Waals surface area contributed by atoms with Crippen molar-refractivity contribution in [2.75, 3.05) is 5.32 Å². The lowest BCUT2D eigenvalue weighted by molar-refractivity contribution is -0.116. The van der Waals surface area contributed by atoms with Gasteiger partial charge in [0.05, 0.1) is 5.41 Å². The fourth-order valence-corrected chi connectivity index (χ4v) is 3.19. The van der Waals surface area contributed by atoms with Crippen LogP contribution in [0.25, 0.3) is 6.08 Å². The summed E-state index contributed by atoms with van der Waals surface area (Å²) in [6, 6.07) is 11.5. The molecule has 0 bridgehead atoms. The minimum absolute atomic E-state index is 0.0466. The Hall–Kier alpha value is -2.31. The van der Waals surface area contributed by atoms with Crippen molar-refractivity contribution in [1.29, 1.82) is 0 Å². The van der Waals surface area contributed by atoms with Crippen molar-refractivity contribution in [3.63, 3.8) is 0 Å². The Bertz CT molecular complexity index is 905. The first-order chi connectivity index (χ1) is 11.4. The van der Waals surface area contributed by atoms with Crippen molar-refractivity contribution in [1.82, 2.24) is 0 Å². The Labute approximate surface area is 145 Å². The highest BCUT2D eigenvalue weighted by molar-refractivity contribution is 7.90. The highest BCUT2D eigenvalue weighted by Gasteiger charge is 2.16. The van der Waals surface area contributed by atoms with Crippen LogP contribution in [0.3, 0.4) is 0 Å². The second kappa shape index (κ2) is 6.67. The third kappa shape index (κ3) is 4.15. The lowest BCUT2D eigenvalue weighted by atomic mass is 10.0. The quantitative estimate of drug-likeness (QED) is 0.842. The number of benzene rings is 2. The molecule has 0 saturated heterocycles. The summed E-state index contributed by atoms with van der Waals surface area (Å²) in [4.78, 5) is 11.3. The molecule has 0 atom stereocenters. The summed E-state index contributed by atoms with van der Waals surface area (Å²) in [6.07, 6.45) is 2.36. The number of carbonyl (C=O) groups excluding carboxylic acids is 1. The first kappa shape index (κ1) is 16.5. The van der Waals surface area contributed by atoms with Crippen LogP contribution in [0.4, 0.5) is 5.69 Å². The van der Waals surface area contributed by atoms with E-state index in [2.05, 4.69) is 5.32 Å². The van der Waals surface area contributed by atoms with Gasteiger partial charge in [-0.3, -0.25) is 4.79 Å². The normalized spacial score (nSPS) is 14.3. The number of halogens is 1. The first-order valence-corrected chi connectivity index (χ1v) is 9.07. The summed E-state index contributed by atoms with van der Waals surface area (Å²) in [7, 11) is -3.88. The van der Waals surface area contributed by atoms with E-state index in [0.29, 0.717) is 29.1 Å². The van der Waals surface area contributed by atoms with Gasteiger partial charge < -0.3 is 9.50 Å². The van der Waals surface area contributed by atoms with Gasteiger partial charge in [-0.25, -0.2) is 0 Å². The van der Waals surface area contributed by atoms with Crippen LogP contribution in [-0.2, 0) is 21.3 Å². The summed E-state index contributed by atoms with van der Waals surface area (Å²) in [5, 5.41) is 4.31. The smallest absolute Gasteiger partial charge is 0.332 e. The van der Waals surface area contributed by atoms with Crippen LogP contribution in [0.5, 0.6) is 5.75 Å². The fraction of sp³-hybridized carbons (Fsp3) is 0.118. The fourth-order valence-electron chi connectivity index (χ4n) is 2.31. The van der Waals surface area contributed by atoms with Gasteiger partial charge in [0.15, 0.2) is 0 Å². The molecule has 1 N–H and O–H groups in total. The molecule has 0 unspecified atom stereocenters. The molecular weight excluding hydrogens is 350 g/mol. The van der Waals surface area contributed by atoms with E-state index in [1.165, 1.54) is 12.1 Å². The second-order valence-corrected chi connectivity index (χ2v) is 7.16. The molecule has 0 fully saturated rings. The average Bonchev–Trinajstić information content (AvgIpc) is 2.54. The van der Waals surface area contributed by atoms with Gasteiger partial charge in [0.2, 0.25) is 5.91 Å². The molecule has 0 aliphatic carbocycles. The SMILES string of the molecule is O=C1CCc2cc(OS(=O)(=O)/C=C/c3ccc(Cl)cc3)ccc2N1. The van der Waals surface area contributed by atoms with Gasteiger partial charge >= 0.3 is 10.1 Å². The summed E-state index contributed by atoms with van der Waals surface area (Å²) >= 11 is 5.78. The molecule has 24 heavy (non-hydrogen) atoms. The molecule has 0 aromatic heterocycles. The molecule has 1 aliphatic heterocycles. The molecule has 3 rings (SSSR count). The van der Waals surface area contributed by atoms with E-state index >= 15 is 0 Å². The minimum Gasteiger partial charge on any atom is -0.379 e. The maximum absolute atomic E-state index is 12.1. The monoisotopic (exact) mass is 363 g/mol. The van der Waals surface area contributed by atoms with E-state index < -0.39 is 10.1 Å². The Morgan fingerprint density at radius 3 is 2.58 bits per heavy atom. The van der Waals surface area contributed by atoms with Crippen LogP contribution in [-0.4, -0.2) is 14.3 Å². The number of aryl methyl sites for hydroxylation is 1. The van der Waals surface area contributed by atoms with Crippen molar-refractivity contribution in [3.05, 3.63) is 64.0 Å². The van der Waals surface area contributed by atoms with Crippen molar-refractivity contribution in [2.45, 2.75) is 12.8 Å². The summed E-state index contributed by atoms with van der Waals surface area (Å²) in [5.74, 6) is 0.167. The minimum atomic E-state index is -3.88. The number of amides is 1. The zero-order valence-corrected chi connectivity index (χ0v) is 14.1. The maximum atomic E-state index is 12.1. The van der Waals surface area contributed by atoms with E-state index in [-0.39, 0.29) is 11.7 Å². The number of nitrogens with one attached hydrogen (secondary N) is 1. The van der Waals surface area contributed by atoms with Gasteiger partial charge in [-0.05, 0) is 54.0 Å². The van der Waals surface area contributed by atoms with Crippen LogP contribution in [0.1, 0.15) is 17.5 Å². The third-order valence-electron chi connectivity index (χ3n) is 3.48. The van der Waals surface area contributed by atoms with Crippen molar-refractivity contribution >= 4 is 39.4 Å². The predicted octanol–water partition coefficient (Wildman–Crippen LogP) is 3.60. The maximum Gasteiger partial charge on any atom is 0.332 e. The van der Waals surface area contributed by atoms with E-state index in [1.807, 2.05) is 0 Å². The second-order valence-electron chi connectivity index (χ2n) is 5.30. The van der Waals surface area contributed by atoms with Crippen molar-refractivity contribution in [2.24, 2.45) is 0 Å². The third-order valence-corrected chi connectivity index (χ3v) is 4.63. The standard InChI is InChI=1S/C17H14ClNO4S/c18-14-4-1-12(2-5-14)9-10-24(21,22)23-15-6-7-16-13(11-15)3-8-17(20)19-16/h1-2,4-7,9-11H,3,8H2,(H,19,20)/b10-9+. The van der Waals surface area contributed by atoms with Crippen LogP contribution in [0, 0.1) is 0 Å². The van der Waals surface area contributed by atoms with Crippen LogP contribution in [0.2, 0.25) is 5.02 Å². The highest BCUT2D eigenvalue weighted by Crippen LogP contribution is 2.27. The molecule has 2 aromatic carbocycles. The topological polar surface area (TPSA) is 72.5 Å². The van der Waals surface area contributed by atoms with E-state index in [0.717, 1.165) is 11.0 Å². The molecule has 124 valence electrons. The molecule has 0 saturated carbocycles. The molecule has 0 spiro atoms. The van der Waals surface area contributed by atoms with Crippen molar-refractivity contribution < 1.29 is 17.4 Å². The highest BCUT2D eigenvalue weighted by atomic mass is 35.5. The molecule has 0 radical (unpaired) electrons. The van der Waals surface area contributed by atoms with Gasteiger partial charge in [0.1, 0.15) is 5.75 Å². The molecule has 2 aromatic rings. The Morgan fingerprint density at radius 2 is 1.83 bits per heavy atom. The molecule has 7 heteroatoms. The van der Waals surface area contributed by atoms with Crippen molar-refractivity contribution in [3.8, 4) is 5.75 Å². The lowest BCUT2D eigenvalue weighted by Crippen LogP contribution is -2.19. The van der Waals surface area contributed by atoms with Gasteiger partial charge in [0.25, 0.3) is 0 Å². The molecule has 1 heterocycles. The van der Waals surface area contributed by atoms with E-state index in [4.69, 9.17) is 15.8 Å². The first-order valence-electron chi connectivity index (χ1n) is 7.22. The number of anilines is 1. The average molecular weight is 364 g/mol. The predicted molar refractivity (Wildman–Crippen MR) is 93.4 cm³/mol. The summed E-state index contributed by atoms with van der Waals surface area (Å²) in [5.41, 5.74) is 2.23. The van der Waals surface area contributed by atoms with Gasteiger partial charge in [-0.1, -0.05) is 23.7 Å². The zero-order chi connectivity index (χ0) is 17.2. The number of carbonyl (C=O) groups is 1. The molecule has 5 nitrogen and oxygen atoms in total. The summed E-state index contributed by atoms with van der Waals surface area (Å²) < 4.78 is 29.2. The zero-order valence-electron chi connectivity index (χ0n) is 12.5. The van der Waals surface area contributed by atoms with Crippen LogP contribution < -0.4 is 9.50 Å². The van der Waals surface area contributed by atoms with Gasteiger partial charge in [-0.2, -0.15) is 8.42 Å². The Kier molecular flexibility index (Phi) is 4.59. The Morgan fingerprint density at radius 1 is 1.08 bits per heavy atom. The number of hydrogen-bond acceptors (Lipinski definition) is 4. The van der Waals surface area contributed by atoms with E-state index in [9.17, 15) is 13.2 Å². The molecule has 1 aliphatic rings. The summed E-state index contributed by atoms with van der Waals surface area (Å²) in [6.45, 7) is 0. The van der Waals surface area contributed by atoms with Crippen LogP contribution >= 0.6 is 11.6 Å². The largest absolute Gasteiger partial charge is 0.379 e. The van der Waals surface area contributed by atoms with Gasteiger partial charge in [0, 0.05) is 17.1 Å². The van der Waals surface area contributed by atoms with Crippen LogP contribution in [0.15, 0.2) is 47.9 Å². The number of fused-ring (bicyclic) bond motifs is 1. The Balaban J connectivity index is 1.74. The molecular formula is C17H14ClNO4S. The van der Waals surface area contributed by atoms with E-state index in [1.54, 1.807) is 36.4 Å².